The Kier molecular flexibility index (Phi) is 3.73. The minimum absolute atomic E-state index is 0.153. The van der Waals surface area contributed by atoms with Crippen LogP contribution in [0.1, 0.15) is 38.8 Å². The Bertz CT molecular complexity index is 929. The molecule has 0 unspecified atom stereocenters. The first kappa shape index (κ1) is 15.5. The predicted octanol–water partition coefficient (Wildman–Crippen LogP) is 4.01. The number of hydrogen-bond donors (Lipinski definition) is 0. The molecule has 2 aromatic heterocycles. The van der Waals surface area contributed by atoms with E-state index >= 15 is 0 Å². The molecule has 0 amide bonds. The normalized spacial score (nSPS) is 13.5. The van der Waals surface area contributed by atoms with Gasteiger partial charge in [-0.25, -0.2) is 4.39 Å². The van der Waals surface area contributed by atoms with Gasteiger partial charge in [-0.3, -0.25) is 4.57 Å². The third-order valence-corrected chi connectivity index (χ3v) is 5.66. The van der Waals surface area contributed by atoms with E-state index in [1.165, 1.54) is 16.0 Å². The van der Waals surface area contributed by atoms with Gasteiger partial charge >= 0.3 is 0 Å². The fourth-order valence-electron chi connectivity index (χ4n) is 3.13. The van der Waals surface area contributed by atoms with Crippen LogP contribution in [0, 0.1) is 26.6 Å². The zero-order chi connectivity index (χ0) is 16.8. The van der Waals surface area contributed by atoms with Gasteiger partial charge in [0.25, 0.3) is 0 Å². The molecule has 0 fully saturated rings. The molecule has 0 radical (unpaired) electrons. The average molecular weight is 343 g/mol. The van der Waals surface area contributed by atoms with Gasteiger partial charge in [0.1, 0.15) is 23.2 Å². The highest BCUT2D eigenvalue weighted by molar-refractivity contribution is 7.14. The minimum atomic E-state index is -0.153. The Morgan fingerprint density at radius 2 is 2.04 bits per heavy atom. The van der Waals surface area contributed by atoms with Crippen LogP contribution in [0.4, 0.5) is 4.39 Å². The summed E-state index contributed by atoms with van der Waals surface area (Å²) < 4.78 is 21.8. The molecule has 24 heavy (non-hydrogen) atoms. The van der Waals surface area contributed by atoms with Crippen LogP contribution in [-0.4, -0.2) is 14.8 Å². The van der Waals surface area contributed by atoms with E-state index in [0.717, 1.165) is 22.2 Å². The molecule has 124 valence electrons. The molecule has 0 N–H and O–H groups in total. The van der Waals surface area contributed by atoms with E-state index in [-0.39, 0.29) is 5.82 Å². The van der Waals surface area contributed by atoms with E-state index in [4.69, 9.17) is 4.74 Å². The van der Waals surface area contributed by atoms with Crippen LogP contribution in [0.25, 0.3) is 5.00 Å². The predicted molar refractivity (Wildman–Crippen MR) is 91.1 cm³/mol. The fraction of sp³-hybridized carbons (Fsp3) is 0.333. The van der Waals surface area contributed by atoms with Crippen molar-refractivity contribution in [2.75, 3.05) is 0 Å². The monoisotopic (exact) mass is 343 g/mol. The highest BCUT2D eigenvalue weighted by atomic mass is 32.1. The van der Waals surface area contributed by atoms with E-state index in [1.807, 2.05) is 19.1 Å². The van der Waals surface area contributed by atoms with Crippen molar-refractivity contribution in [1.82, 2.24) is 14.8 Å². The number of nitrogens with zero attached hydrogens (tertiary/aromatic N) is 3. The summed E-state index contributed by atoms with van der Waals surface area (Å²) in [5, 5.41) is 9.51. The molecule has 0 bridgehead atoms. The molecule has 1 aliphatic rings. The van der Waals surface area contributed by atoms with Crippen LogP contribution in [-0.2, 0) is 24.4 Å². The summed E-state index contributed by atoms with van der Waals surface area (Å²) in [6.45, 7) is 6.85. The van der Waals surface area contributed by atoms with Crippen molar-refractivity contribution in [3.63, 3.8) is 0 Å². The van der Waals surface area contributed by atoms with Gasteiger partial charge in [-0.15, -0.1) is 21.5 Å². The van der Waals surface area contributed by atoms with Crippen molar-refractivity contribution < 1.29 is 9.13 Å². The summed E-state index contributed by atoms with van der Waals surface area (Å²) in [4.78, 5) is 1.23. The Morgan fingerprint density at radius 1 is 1.21 bits per heavy atom. The van der Waals surface area contributed by atoms with E-state index in [1.54, 1.807) is 24.3 Å². The van der Waals surface area contributed by atoms with Crippen molar-refractivity contribution in [2.45, 2.75) is 40.4 Å². The minimum Gasteiger partial charge on any atom is -0.369 e. The van der Waals surface area contributed by atoms with Crippen LogP contribution >= 0.6 is 11.3 Å². The molecule has 0 aliphatic carbocycles. The smallest absolute Gasteiger partial charge is 0.164 e. The van der Waals surface area contributed by atoms with Gasteiger partial charge in [0.05, 0.1) is 6.61 Å². The first-order valence-electron chi connectivity index (χ1n) is 7.89. The number of benzene rings is 1. The number of aryl methyl sites for hydroxylation is 3. The largest absolute Gasteiger partial charge is 0.369 e. The standard InChI is InChI=1S/C18H18FN3OS/c1-10-4-5-13(7-16(10)19)6-14-11(2)24-18-15(14)8-23-9-17-21-20-12(3)22(17)18/h4-5,7H,6,8-9H2,1-3H3. The zero-order valence-electron chi connectivity index (χ0n) is 13.9. The van der Waals surface area contributed by atoms with Crippen molar-refractivity contribution in [1.29, 1.82) is 0 Å². The van der Waals surface area contributed by atoms with Crippen LogP contribution in [0.5, 0.6) is 0 Å². The van der Waals surface area contributed by atoms with E-state index < -0.39 is 0 Å². The molecular formula is C18H18FN3OS. The van der Waals surface area contributed by atoms with Gasteiger partial charge in [0.2, 0.25) is 0 Å². The van der Waals surface area contributed by atoms with Gasteiger partial charge in [0.15, 0.2) is 5.82 Å². The quantitative estimate of drug-likeness (QED) is 0.706. The number of thiophene rings is 1. The number of halogens is 1. The van der Waals surface area contributed by atoms with Gasteiger partial charge in [0, 0.05) is 10.4 Å². The van der Waals surface area contributed by atoms with Crippen molar-refractivity contribution in [3.8, 4) is 5.00 Å². The van der Waals surface area contributed by atoms with E-state index in [9.17, 15) is 4.39 Å². The molecule has 3 aromatic rings. The molecule has 0 atom stereocenters. The lowest BCUT2D eigenvalue weighted by atomic mass is 10.0. The second kappa shape index (κ2) is 5.79. The Hall–Kier alpha value is -2.05. The SMILES string of the molecule is Cc1ccc(Cc2c(C)sc3c2COCc2nnc(C)n2-3)cc1F. The van der Waals surface area contributed by atoms with Gasteiger partial charge in [-0.1, -0.05) is 12.1 Å². The van der Waals surface area contributed by atoms with Crippen LogP contribution in [0.15, 0.2) is 18.2 Å². The summed E-state index contributed by atoms with van der Waals surface area (Å²) in [6.07, 6.45) is 0.703. The number of fused-ring (bicyclic) bond motifs is 3. The molecule has 0 spiro atoms. The summed E-state index contributed by atoms with van der Waals surface area (Å²) in [5.41, 5.74) is 4.04. The number of hydrogen-bond acceptors (Lipinski definition) is 4. The molecule has 6 heteroatoms. The first-order valence-corrected chi connectivity index (χ1v) is 8.71. The molecular weight excluding hydrogens is 325 g/mol. The summed E-state index contributed by atoms with van der Waals surface area (Å²) >= 11 is 1.73. The zero-order valence-corrected chi connectivity index (χ0v) is 14.7. The lowest BCUT2D eigenvalue weighted by Gasteiger charge is -2.08. The Balaban J connectivity index is 1.80. The second-order valence-corrected chi connectivity index (χ2v) is 7.38. The lowest BCUT2D eigenvalue weighted by Crippen LogP contribution is -2.00. The Morgan fingerprint density at radius 3 is 2.83 bits per heavy atom. The number of ether oxygens (including phenoxy) is 1. The molecule has 0 saturated carbocycles. The maximum atomic E-state index is 13.9. The molecule has 0 saturated heterocycles. The van der Waals surface area contributed by atoms with Crippen molar-refractivity contribution in [2.24, 2.45) is 0 Å². The Labute approximate surface area is 143 Å². The number of aromatic nitrogens is 3. The number of rotatable bonds is 2. The fourth-order valence-corrected chi connectivity index (χ4v) is 4.37. The van der Waals surface area contributed by atoms with Crippen LogP contribution in [0.2, 0.25) is 0 Å². The lowest BCUT2D eigenvalue weighted by molar-refractivity contribution is 0.104. The molecule has 4 nitrogen and oxygen atoms in total. The molecule has 3 heterocycles. The summed E-state index contributed by atoms with van der Waals surface area (Å²) in [7, 11) is 0. The van der Waals surface area contributed by atoms with E-state index in [0.29, 0.717) is 25.2 Å². The van der Waals surface area contributed by atoms with Gasteiger partial charge < -0.3 is 4.74 Å². The first-order chi connectivity index (χ1) is 11.5. The maximum absolute atomic E-state index is 13.9. The van der Waals surface area contributed by atoms with Crippen LogP contribution in [0.3, 0.4) is 0 Å². The summed E-state index contributed by atoms with van der Waals surface area (Å²) in [6, 6.07) is 5.46. The second-order valence-electron chi connectivity index (χ2n) is 6.17. The molecule has 1 aromatic carbocycles. The topological polar surface area (TPSA) is 39.9 Å². The van der Waals surface area contributed by atoms with Crippen molar-refractivity contribution in [3.05, 3.63) is 62.8 Å². The average Bonchev–Trinajstić information content (AvgIpc) is 2.98. The molecule has 1 aliphatic heterocycles. The third-order valence-electron chi connectivity index (χ3n) is 4.49. The maximum Gasteiger partial charge on any atom is 0.164 e. The van der Waals surface area contributed by atoms with E-state index in [2.05, 4.69) is 21.7 Å². The summed E-state index contributed by atoms with van der Waals surface area (Å²) in [5.74, 6) is 1.55. The van der Waals surface area contributed by atoms with Gasteiger partial charge in [-0.2, -0.15) is 0 Å². The van der Waals surface area contributed by atoms with Gasteiger partial charge in [-0.05, 0) is 49.9 Å². The highest BCUT2D eigenvalue weighted by Crippen LogP contribution is 2.36. The van der Waals surface area contributed by atoms with Crippen LogP contribution < -0.4 is 0 Å². The highest BCUT2D eigenvalue weighted by Gasteiger charge is 2.24. The molecule has 4 rings (SSSR count). The third kappa shape index (κ3) is 2.46. The van der Waals surface area contributed by atoms with Crippen molar-refractivity contribution >= 4 is 11.3 Å².